The molecular formula is C18H14N2O4. The van der Waals surface area contributed by atoms with Crippen LogP contribution in [0.3, 0.4) is 0 Å². The maximum Gasteiger partial charge on any atom is 0.315 e. The molecule has 24 heavy (non-hydrogen) atoms. The first kappa shape index (κ1) is 15.5. The number of methoxy groups -OCH3 is 1. The number of nitro benzene ring substituents is 1. The quantitative estimate of drug-likeness (QED) is 0.579. The summed E-state index contributed by atoms with van der Waals surface area (Å²) in [6.07, 6.45) is 3.44. The van der Waals surface area contributed by atoms with E-state index in [1.807, 2.05) is 36.4 Å². The number of ether oxygens (including phenoxy) is 1. The molecule has 0 saturated heterocycles. The number of nitrogens with zero attached hydrogens (tertiary/aromatic N) is 2. The van der Waals surface area contributed by atoms with Crippen LogP contribution in [-0.4, -0.2) is 22.1 Å². The zero-order chi connectivity index (χ0) is 17.1. The Morgan fingerprint density at radius 3 is 2.71 bits per heavy atom. The Morgan fingerprint density at radius 1 is 1.17 bits per heavy atom. The summed E-state index contributed by atoms with van der Waals surface area (Å²) in [6.45, 7) is 0. The summed E-state index contributed by atoms with van der Waals surface area (Å²) in [4.78, 5) is 14.9. The second-order valence-electron chi connectivity index (χ2n) is 5.11. The molecule has 0 radical (unpaired) electrons. The molecule has 0 aliphatic rings. The van der Waals surface area contributed by atoms with Crippen LogP contribution in [0, 0.1) is 10.1 Å². The molecule has 0 aliphatic carbocycles. The van der Waals surface area contributed by atoms with Gasteiger partial charge in [-0.25, -0.2) is 4.98 Å². The molecule has 120 valence electrons. The van der Waals surface area contributed by atoms with Crippen molar-refractivity contribution in [2.24, 2.45) is 0 Å². The van der Waals surface area contributed by atoms with Crippen LogP contribution in [0.5, 0.6) is 11.5 Å². The maximum absolute atomic E-state index is 11.0. The average molecular weight is 322 g/mol. The van der Waals surface area contributed by atoms with Gasteiger partial charge in [0.15, 0.2) is 5.75 Å². The molecule has 0 atom stereocenters. The number of phenols is 1. The van der Waals surface area contributed by atoms with Crippen LogP contribution in [0.2, 0.25) is 0 Å². The molecule has 0 spiro atoms. The van der Waals surface area contributed by atoms with Crippen LogP contribution < -0.4 is 4.74 Å². The second kappa shape index (κ2) is 6.37. The summed E-state index contributed by atoms with van der Waals surface area (Å²) in [5.41, 5.74) is 1.73. The van der Waals surface area contributed by atoms with E-state index in [0.29, 0.717) is 5.56 Å². The third-order valence-corrected chi connectivity index (χ3v) is 3.56. The normalized spacial score (nSPS) is 11.0. The third kappa shape index (κ3) is 3.03. The van der Waals surface area contributed by atoms with Crippen molar-refractivity contribution in [3.8, 4) is 11.5 Å². The van der Waals surface area contributed by atoms with E-state index in [2.05, 4.69) is 4.98 Å². The van der Waals surface area contributed by atoms with Gasteiger partial charge in [-0.1, -0.05) is 30.3 Å². The fraction of sp³-hybridized carbons (Fsp3) is 0.0556. The SMILES string of the molecule is COc1cc(C=Cc2ccc3ccccc3n2)cc([N+](=O)[O-])c1O. The first-order valence-electron chi connectivity index (χ1n) is 7.18. The van der Waals surface area contributed by atoms with Crippen LogP contribution in [0.15, 0.2) is 48.5 Å². The minimum absolute atomic E-state index is 0.0512. The minimum atomic E-state index is -0.649. The van der Waals surface area contributed by atoms with E-state index in [9.17, 15) is 15.2 Å². The van der Waals surface area contributed by atoms with Crippen molar-refractivity contribution in [3.05, 3.63) is 69.9 Å². The highest BCUT2D eigenvalue weighted by molar-refractivity contribution is 5.81. The number of para-hydroxylation sites is 1. The molecule has 1 N–H and O–H groups in total. The summed E-state index contributed by atoms with van der Waals surface area (Å²) in [5.74, 6) is -0.432. The van der Waals surface area contributed by atoms with Gasteiger partial charge in [-0.05, 0) is 29.8 Å². The van der Waals surface area contributed by atoms with Crippen molar-refractivity contribution in [2.45, 2.75) is 0 Å². The Labute approximate surface area is 137 Å². The summed E-state index contributed by atoms with van der Waals surface area (Å²) >= 11 is 0. The lowest BCUT2D eigenvalue weighted by molar-refractivity contribution is -0.386. The number of aromatic nitrogens is 1. The van der Waals surface area contributed by atoms with Crippen LogP contribution >= 0.6 is 0 Å². The monoisotopic (exact) mass is 322 g/mol. The summed E-state index contributed by atoms with van der Waals surface area (Å²) in [7, 11) is 1.34. The van der Waals surface area contributed by atoms with Gasteiger partial charge >= 0.3 is 5.69 Å². The smallest absolute Gasteiger partial charge is 0.315 e. The topological polar surface area (TPSA) is 85.5 Å². The van der Waals surface area contributed by atoms with Crippen LogP contribution in [0.1, 0.15) is 11.3 Å². The van der Waals surface area contributed by atoms with Gasteiger partial charge in [0.05, 0.1) is 23.2 Å². The van der Waals surface area contributed by atoms with Crippen LogP contribution in [0.4, 0.5) is 5.69 Å². The van der Waals surface area contributed by atoms with Crippen molar-refractivity contribution in [1.29, 1.82) is 0 Å². The first-order chi connectivity index (χ1) is 11.6. The van der Waals surface area contributed by atoms with E-state index in [-0.39, 0.29) is 5.75 Å². The predicted octanol–water partition coefficient (Wildman–Crippen LogP) is 4.03. The van der Waals surface area contributed by atoms with E-state index in [1.54, 1.807) is 12.2 Å². The molecule has 2 aromatic carbocycles. The molecule has 0 amide bonds. The largest absolute Gasteiger partial charge is 0.500 e. The van der Waals surface area contributed by atoms with Crippen molar-refractivity contribution in [1.82, 2.24) is 4.98 Å². The Bertz CT molecular complexity index is 951. The van der Waals surface area contributed by atoms with E-state index in [4.69, 9.17) is 4.74 Å². The molecule has 6 heteroatoms. The summed E-state index contributed by atoms with van der Waals surface area (Å²) in [5, 5.41) is 21.8. The predicted molar refractivity (Wildman–Crippen MR) is 92.0 cm³/mol. The van der Waals surface area contributed by atoms with Crippen LogP contribution in [-0.2, 0) is 0 Å². The number of phenolic OH excluding ortho intramolecular Hbond substituents is 1. The highest BCUT2D eigenvalue weighted by Gasteiger charge is 2.18. The number of fused-ring (bicyclic) bond motifs is 1. The second-order valence-corrected chi connectivity index (χ2v) is 5.11. The Balaban J connectivity index is 1.98. The molecule has 0 unspecified atom stereocenters. The van der Waals surface area contributed by atoms with Gasteiger partial charge in [0.1, 0.15) is 0 Å². The van der Waals surface area contributed by atoms with Crippen molar-refractivity contribution in [3.63, 3.8) is 0 Å². The fourth-order valence-electron chi connectivity index (χ4n) is 2.36. The standard InChI is InChI=1S/C18H14N2O4/c1-24-17-11-12(10-16(18(17)21)20(22)23)6-8-14-9-7-13-4-2-3-5-15(13)19-14/h2-11,21H,1H3. The molecule has 3 rings (SSSR count). The number of nitro groups is 1. The summed E-state index contributed by atoms with van der Waals surface area (Å²) in [6, 6.07) is 14.4. The van der Waals surface area contributed by atoms with Crippen molar-refractivity contribution in [2.75, 3.05) is 7.11 Å². The van der Waals surface area contributed by atoms with Gasteiger partial charge in [-0.15, -0.1) is 0 Å². The van der Waals surface area contributed by atoms with E-state index >= 15 is 0 Å². The lowest BCUT2D eigenvalue weighted by Crippen LogP contribution is -1.93. The van der Waals surface area contributed by atoms with Crippen LogP contribution in [0.25, 0.3) is 23.1 Å². The highest BCUT2D eigenvalue weighted by Crippen LogP contribution is 2.37. The molecule has 6 nitrogen and oxygen atoms in total. The fourth-order valence-corrected chi connectivity index (χ4v) is 2.36. The molecule has 0 saturated carbocycles. The first-order valence-corrected chi connectivity index (χ1v) is 7.18. The molecule has 0 aliphatic heterocycles. The number of pyridine rings is 1. The third-order valence-electron chi connectivity index (χ3n) is 3.56. The van der Waals surface area contributed by atoms with Gasteiger partial charge in [0.25, 0.3) is 0 Å². The molecule has 3 aromatic rings. The highest BCUT2D eigenvalue weighted by atomic mass is 16.6. The number of hydrogen-bond donors (Lipinski definition) is 1. The van der Waals surface area contributed by atoms with Crippen molar-refractivity contribution >= 4 is 28.7 Å². The van der Waals surface area contributed by atoms with Gasteiger partial charge in [-0.2, -0.15) is 0 Å². The Morgan fingerprint density at radius 2 is 1.96 bits per heavy atom. The molecule has 0 bridgehead atoms. The van der Waals surface area contributed by atoms with Gasteiger partial charge in [-0.3, -0.25) is 10.1 Å². The van der Waals surface area contributed by atoms with E-state index < -0.39 is 16.4 Å². The maximum atomic E-state index is 11.0. The molecule has 1 heterocycles. The molecular weight excluding hydrogens is 308 g/mol. The van der Waals surface area contributed by atoms with Gasteiger partial charge in [0.2, 0.25) is 5.75 Å². The Hall–Kier alpha value is -3.41. The van der Waals surface area contributed by atoms with Gasteiger partial charge in [0, 0.05) is 11.5 Å². The lowest BCUT2D eigenvalue weighted by Gasteiger charge is -2.05. The number of aromatic hydroxyl groups is 1. The zero-order valence-electron chi connectivity index (χ0n) is 12.8. The number of hydrogen-bond acceptors (Lipinski definition) is 5. The van der Waals surface area contributed by atoms with E-state index in [0.717, 1.165) is 16.6 Å². The Kier molecular flexibility index (Phi) is 4.11. The average Bonchev–Trinajstić information content (AvgIpc) is 2.60. The lowest BCUT2D eigenvalue weighted by atomic mass is 10.1. The molecule has 1 aromatic heterocycles. The minimum Gasteiger partial charge on any atom is -0.500 e. The van der Waals surface area contributed by atoms with Gasteiger partial charge < -0.3 is 9.84 Å². The van der Waals surface area contributed by atoms with Crippen molar-refractivity contribution < 1.29 is 14.8 Å². The molecule has 0 fully saturated rings. The zero-order valence-corrected chi connectivity index (χ0v) is 12.8. The van der Waals surface area contributed by atoms with E-state index in [1.165, 1.54) is 19.2 Å². The summed E-state index contributed by atoms with van der Waals surface area (Å²) < 4.78 is 4.98. The number of rotatable bonds is 4. The number of benzene rings is 2.